The van der Waals surface area contributed by atoms with E-state index < -0.39 is 60.9 Å². The van der Waals surface area contributed by atoms with Gasteiger partial charge in [-0.25, -0.2) is 24.0 Å². The molecule has 4 rings (SSSR count). The van der Waals surface area contributed by atoms with Gasteiger partial charge in [-0.2, -0.15) is 0 Å². The molecular formula is C21H28N6O10. The first-order valence-corrected chi connectivity index (χ1v) is 11.2. The smallest absolute Gasteiger partial charge is 0.407 e. The molecule has 0 spiro atoms. The molecule has 0 aromatic carbocycles. The Balaban J connectivity index is 1.79. The standard InChI is InChI=1S/C21H28N6O10/c1-8-9(5-10(29)12(19(33)35-3)24-21(34)36-4)27-17(32)13-16(25(2)20(27)23-8)26(7-22-13)18-15(31)14(30)11(6-28)37-18/h7,10-12,14-15,18,28-31H,5-6H2,1-4H3,(H,24,34)/t10?,11-,12?,14?,15+,18-/m1/s1. The summed E-state index contributed by atoms with van der Waals surface area (Å²) in [5, 5.41) is 43.0. The fraction of sp³-hybridized carbons (Fsp3) is 0.571. The van der Waals surface area contributed by atoms with E-state index in [2.05, 4.69) is 24.8 Å². The van der Waals surface area contributed by atoms with E-state index in [-0.39, 0.29) is 29.1 Å². The van der Waals surface area contributed by atoms with E-state index in [4.69, 9.17) is 4.74 Å². The Morgan fingerprint density at radius 2 is 1.95 bits per heavy atom. The zero-order valence-electron chi connectivity index (χ0n) is 20.4. The molecule has 3 unspecified atom stereocenters. The summed E-state index contributed by atoms with van der Waals surface area (Å²) in [5.74, 6) is -0.766. The predicted octanol–water partition coefficient (Wildman–Crippen LogP) is -2.90. The van der Waals surface area contributed by atoms with Gasteiger partial charge in [-0.15, -0.1) is 0 Å². The number of aromatic nitrogens is 5. The van der Waals surface area contributed by atoms with Crippen molar-refractivity contribution in [1.82, 2.24) is 28.8 Å². The van der Waals surface area contributed by atoms with Crippen LogP contribution in [0.5, 0.6) is 0 Å². The van der Waals surface area contributed by atoms with Crippen LogP contribution in [0.1, 0.15) is 17.6 Å². The maximum Gasteiger partial charge on any atom is 0.407 e. The fourth-order valence-electron chi connectivity index (χ4n) is 4.50. The van der Waals surface area contributed by atoms with Gasteiger partial charge in [0.05, 0.1) is 44.6 Å². The predicted molar refractivity (Wildman–Crippen MR) is 123 cm³/mol. The van der Waals surface area contributed by atoms with Gasteiger partial charge in [0, 0.05) is 13.5 Å². The zero-order chi connectivity index (χ0) is 27.2. The Morgan fingerprint density at radius 3 is 2.54 bits per heavy atom. The number of aliphatic hydroxyl groups is 4. The summed E-state index contributed by atoms with van der Waals surface area (Å²) in [6, 6.07) is -1.49. The molecule has 1 aliphatic rings. The number of nitrogens with zero attached hydrogens (tertiary/aromatic N) is 5. The summed E-state index contributed by atoms with van der Waals surface area (Å²) < 4.78 is 18.9. The molecule has 1 saturated heterocycles. The minimum atomic E-state index is -1.51. The van der Waals surface area contributed by atoms with Crippen molar-refractivity contribution >= 4 is 29.0 Å². The highest BCUT2D eigenvalue weighted by Gasteiger charge is 2.44. The van der Waals surface area contributed by atoms with E-state index in [0.29, 0.717) is 5.69 Å². The highest BCUT2D eigenvalue weighted by atomic mass is 16.6. The summed E-state index contributed by atoms with van der Waals surface area (Å²) in [6.45, 7) is 1.08. The van der Waals surface area contributed by atoms with Crippen molar-refractivity contribution in [1.29, 1.82) is 0 Å². The van der Waals surface area contributed by atoms with Crippen molar-refractivity contribution in [3.8, 4) is 0 Å². The number of alkyl carbamates (subject to hydrolysis) is 1. The van der Waals surface area contributed by atoms with Crippen LogP contribution in [0.4, 0.5) is 4.79 Å². The number of carbonyl (C=O) groups excluding carboxylic acids is 2. The molecule has 16 heteroatoms. The number of rotatable bonds is 7. The summed E-state index contributed by atoms with van der Waals surface area (Å²) in [6.07, 6.45) is -6.39. The molecule has 6 atom stereocenters. The van der Waals surface area contributed by atoms with Crippen LogP contribution in [0.3, 0.4) is 0 Å². The molecule has 4 heterocycles. The van der Waals surface area contributed by atoms with E-state index in [1.807, 2.05) is 0 Å². The largest absolute Gasteiger partial charge is 0.467 e. The van der Waals surface area contributed by atoms with Gasteiger partial charge in [-0.1, -0.05) is 0 Å². The van der Waals surface area contributed by atoms with Crippen LogP contribution in [0.2, 0.25) is 0 Å². The van der Waals surface area contributed by atoms with E-state index in [9.17, 15) is 34.8 Å². The van der Waals surface area contributed by atoms with Gasteiger partial charge in [0.15, 0.2) is 23.4 Å². The molecule has 3 aromatic rings. The summed E-state index contributed by atoms with van der Waals surface area (Å²) in [4.78, 5) is 46.0. The molecule has 0 bridgehead atoms. The lowest BCUT2D eigenvalue weighted by Crippen LogP contribution is -2.50. The summed E-state index contributed by atoms with van der Waals surface area (Å²) in [5.41, 5.74) is 0.211. The van der Waals surface area contributed by atoms with Crippen molar-refractivity contribution in [3.63, 3.8) is 0 Å². The van der Waals surface area contributed by atoms with Crippen LogP contribution in [0.25, 0.3) is 16.9 Å². The lowest BCUT2D eigenvalue weighted by atomic mass is 10.1. The fourth-order valence-corrected chi connectivity index (χ4v) is 4.50. The minimum absolute atomic E-state index is 0.0296. The first-order chi connectivity index (χ1) is 17.5. The van der Waals surface area contributed by atoms with Gasteiger partial charge in [0.25, 0.3) is 5.56 Å². The van der Waals surface area contributed by atoms with E-state index >= 15 is 0 Å². The van der Waals surface area contributed by atoms with Gasteiger partial charge in [-0.05, 0) is 6.92 Å². The molecule has 1 aliphatic heterocycles. The second kappa shape index (κ2) is 10.1. The van der Waals surface area contributed by atoms with Gasteiger partial charge >= 0.3 is 12.1 Å². The maximum absolute atomic E-state index is 13.5. The van der Waals surface area contributed by atoms with Crippen molar-refractivity contribution < 1.29 is 44.2 Å². The highest BCUT2D eigenvalue weighted by molar-refractivity contribution is 5.82. The lowest BCUT2D eigenvalue weighted by molar-refractivity contribution is -0.146. The number of hydrogen-bond donors (Lipinski definition) is 5. The second-order valence-electron chi connectivity index (χ2n) is 8.60. The number of carbonyl (C=O) groups is 2. The first kappa shape index (κ1) is 26.5. The Labute approximate surface area is 208 Å². The number of aliphatic hydroxyl groups excluding tert-OH is 4. The van der Waals surface area contributed by atoms with Crippen LogP contribution < -0.4 is 10.9 Å². The Bertz CT molecular complexity index is 1400. The Kier molecular flexibility index (Phi) is 7.20. The number of methoxy groups -OCH3 is 2. The molecule has 1 amide bonds. The number of fused-ring (bicyclic) bond motifs is 2. The number of ether oxygens (including phenoxy) is 3. The number of hydrogen-bond acceptors (Lipinski definition) is 12. The van der Waals surface area contributed by atoms with E-state index in [1.54, 1.807) is 14.0 Å². The molecule has 0 aliphatic carbocycles. The third-order valence-electron chi connectivity index (χ3n) is 6.44. The lowest BCUT2D eigenvalue weighted by Gasteiger charge is -2.21. The molecule has 37 heavy (non-hydrogen) atoms. The normalized spacial score (nSPS) is 23.4. The highest BCUT2D eigenvalue weighted by Crippen LogP contribution is 2.31. The monoisotopic (exact) mass is 524 g/mol. The number of imidazole rings is 2. The minimum Gasteiger partial charge on any atom is -0.467 e. The summed E-state index contributed by atoms with van der Waals surface area (Å²) in [7, 11) is 3.79. The van der Waals surface area contributed by atoms with Gasteiger partial charge in [-0.3, -0.25) is 13.9 Å². The van der Waals surface area contributed by atoms with Crippen LogP contribution in [-0.4, -0.2) is 107 Å². The van der Waals surface area contributed by atoms with Crippen LogP contribution in [-0.2, 0) is 32.5 Å². The van der Waals surface area contributed by atoms with Gasteiger partial charge in [0.1, 0.15) is 18.3 Å². The molecule has 3 aromatic heterocycles. The van der Waals surface area contributed by atoms with E-state index in [0.717, 1.165) is 14.2 Å². The maximum atomic E-state index is 13.5. The topological polar surface area (TPSA) is 212 Å². The third kappa shape index (κ3) is 4.31. The van der Waals surface area contributed by atoms with Crippen molar-refractivity contribution in [3.05, 3.63) is 28.1 Å². The number of aryl methyl sites for hydroxylation is 2. The Hall–Kier alpha value is -3.57. The van der Waals surface area contributed by atoms with Gasteiger partial charge in [0.2, 0.25) is 5.78 Å². The van der Waals surface area contributed by atoms with E-state index in [1.165, 1.54) is 19.9 Å². The second-order valence-corrected chi connectivity index (χ2v) is 8.60. The summed E-state index contributed by atoms with van der Waals surface area (Å²) >= 11 is 0. The van der Waals surface area contributed by atoms with Crippen molar-refractivity contribution in [2.24, 2.45) is 7.05 Å². The molecule has 0 saturated carbocycles. The average molecular weight is 524 g/mol. The van der Waals surface area contributed by atoms with Crippen LogP contribution >= 0.6 is 0 Å². The quantitative estimate of drug-likeness (QED) is 0.197. The molecule has 0 radical (unpaired) electrons. The zero-order valence-corrected chi connectivity index (χ0v) is 20.4. The number of esters is 1. The van der Waals surface area contributed by atoms with Gasteiger partial charge < -0.3 is 40.0 Å². The molecule has 5 N–H and O–H groups in total. The van der Waals surface area contributed by atoms with Crippen LogP contribution in [0, 0.1) is 6.92 Å². The number of nitrogens with one attached hydrogen (secondary N) is 1. The van der Waals surface area contributed by atoms with Crippen molar-refractivity contribution in [2.45, 2.75) is 50.0 Å². The molecular weight excluding hydrogens is 496 g/mol. The molecule has 1 fully saturated rings. The Morgan fingerprint density at radius 1 is 1.24 bits per heavy atom. The average Bonchev–Trinajstić information content (AvgIpc) is 3.55. The number of amides is 1. The molecule has 202 valence electrons. The van der Waals surface area contributed by atoms with Crippen LogP contribution in [0.15, 0.2) is 11.1 Å². The first-order valence-electron chi connectivity index (χ1n) is 11.2. The SMILES string of the molecule is COC(=O)NC(C(=O)OC)C(O)Cc1c(C)nc2n(C)c3c(ncn3[C@@H]3O[C@H](CO)C(O)[C@@H]3O)c(=O)n12. The molecule has 16 nitrogen and oxygen atoms in total. The third-order valence-corrected chi connectivity index (χ3v) is 6.44. The van der Waals surface area contributed by atoms with Crippen molar-refractivity contribution in [2.75, 3.05) is 20.8 Å².